The predicted molar refractivity (Wildman–Crippen MR) is 105 cm³/mol. The minimum Gasteiger partial charge on any atom is -0.379 e. The van der Waals surface area contributed by atoms with Gasteiger partial charge in [-0.15, -0.1) is 0 Å². The molecule has 0 unspecified atom stereocenters. The zero-order valence-corrected chi connectivity index (χ0v) is 15.9. The van der Waals surface area contributed by atoms with Crippen LogP contribution in [0, 0.1) is 13.8 Å². The van der Waals surface area contributed by atoms with Gasteiger partial charge >= 0.3 is 0 Å². The lowest BCUT2D eigenvalue weighted by molar-refractivity contribution is -0.00371. The van der Waals surface area contributed by atoms with Crippen molar-refractivity contribution in [1.82, 2.24) is 14.8 Å². The second-order valence-electron chi connectivity index (χ2n) is 7.84. The van der Waals surface area contributed by atoms with E-state index in [-0.39, 0.29) is 5.43 Å². The molecular weight excluding hydrogens is 326 g/mol. The highest BCUT2D eigenvalue weighted by Crippen LogP contribution is 2.20. The Bertz CT molecular complexity index is 839. The Hall–Kier alpha value is -1.69. The summed E-state index contributed by atoms with van der Waals surface area (Å²) in [7, 11) is 0. The van der Waals surface area contributed by atoms with Gasteiger partial charge in [0.1, 0.15) is 0 Å². The molecule has 2 saturated heterocycles. The number of likely N-dealkylation sites (tertiary alicyclic amines) is 1. The van der Waals surface area contributed by atoms with Crippen LogP contribution in [-0.2, 0) is 11.3 Å². The monoisotopic (exact) mass is 355 g/mol. The molecule has 0 amide bonds. The average molecular weight is 355 g/mol. The zero-order valence-electron chi connectivity index (χ0n) is 15.9. The summed E-state index contributed by atoms with van der Waals surface area (Å²) in [6.45, 7) is 10.9. The molecule has 4 rings (SSSR count). The fourth-order valence-electron chi connectivity index (χ4n) is 4.50. The van der Waals surface area contributed by atoms with Crippen LogP contribution >= 0.6 is 0 Å². The van der Waals surface area contributed by atoms with E-state index in [0.717, 1.165) is 73.7 Å². The smallest absolute Gasteiger partial charge is 0.189 e. The Kier molecular flexibility index (Phi) is 5.11. The topological polar surface area (TPSA) is 48.6 Å². The van der Waals surface area contributed by atoms with Gasteiger partial charge in [0.25, 0.3) is 0 Å². The average Bonchev–Trinajstić information content (AvgIpc) is 2.64. The number of aromatic nitrogens is 1. The molecule has 0 aliphatic carbocycles. The van der Waals surface area contributed by atoms with Crippen molar-refractivity contribution in [2.24, 2.45) is 0 Å². The molecule has 1 atom stereocenters. The number of piperidine rings is 1. The van der Waals surface area contributed by atoms with Crippen LogP contribution in [0.25, 0.3) is 10.9 Å². The highest BCUT2D eigenvalue weighted by Gasteiger charge is 2.26. The lowest BCUT2D eigenvalue weighted by atomic mass is 10.0. The van der Waals surface area contributed by atoms with E-state index >= 15 is 0 Å². The Morgan fingerprint density at radius 2 is 1.96 bits per heavy atom. The molecule has 5 nitrogen and oxygen atoms in total. The fourth-order valence-corrected chi connectivity index (χ4v) is 4.50. The van der Waals surface area contributed by atoms with E-state index in [4.69, 9.17) is 4.74 Å². The van der Waals surface area contributed by atoms with Crippen molar-refractivity contribution in [2.75, 3.05) is 39.4 Å². The molecule has 0 bridgehead atoms. The summed E-state index contributed by atoms with van der Waals surface area (Å²) in [5.41, 5.74) is 4.42. The largest absolute Gasteiger partial charge is 0.379 e. The van der Waals surface area contributed by atoms with Gasteiger partial charge in [-0.3, -0.25) is 14.6 Å². The third-order valence-corrected chi connectivity index (χ3v) is 5.77. The summed E-state index contributed by atoms with van der Waals surface area (Å²) in [5, 5.41) is 0.802. The van der Waals surface area contributed by atoms with E-state index < -0.39 is 0 Å². The van der Waals surface area contributed by atoms with Gasteiger partial charge in [0.15, 0.2) is 5.43 Å². The molecule has 3 heterocycles. The highest BCUT2D eigenvalue weighted by molar-refractivity contribution is 5.82. The minimum absolute atomic E-state index is 0.127. The first-order valence-corrected chi connectivity index (χ1v) is 9.77. The van der Waals surface area contributed by atoms with Gasteiger partial charge in [-0.05, 0) is 50.4 Å². The van der Waals surface area contributed by atoms with Gasteiger partial charge in [0, 0.05) is 49.4 Å². The number of hydrogen-bond donors (Lipinski definition) is 1. The molecule has 2 aliphatic rings. The van der Waals surface area contributed by atoms with Gasteiger partial charge < -0.3 is 9.72 Å². The van der Waals surface area contributed by atoms with Crippen molar-refractivity contribution in [3.63, 3.8) is 0 Å². The van der Waals surface area contributed by atoms with Gasteiger partial charge in [0.2, 0.25) is 0 Å². The summed E-state index contributed by atoms with van der Waals surface area (Å²) in [6, 6.07) is 6.53. The summed E-state index contributed by atoms with van der Waals surface area (Å²) in [5.74, 6) is 0. The van der Waals surface area contributed by atoms with Crippen molar-refractivity contribution in [3.05, 3.63) is 45.2 Å². The summed E-state index contributed by atoms with van der Waals surface area (Å²) in [4.78, 5) is 21.2. The molecule has 0 spiro atoms. The van der Waals surface area contributed by atoms with Gasteiger partial charge in [0.05, 0.1) is 18.7 Å². The molecule has 26 heavy (non-hydrogen) atoms. The van der Waals surface area contributed by atoms with Crippen LogP contribution < -0.4 is 5.43 Å². The van der Waals surface area contributed by atoms with Crippen LogP contribution in [0.2, 0.25) is 0 Å². The van der Waals surface area contributed by atoms with Gasteiger partial charge in [-0.25, -0.2) is 0 Å². The van der Waals surface area contributed by atoms with Crippen molar-refractivity contribution in [1.29, 1.82) is 0 Å². The SMILES string of the molecule is Cc1cc(C)c2[nH]c(CN3CCC[C@H](N4CCOCC4)C3)cc(=O)c2c1. The Balaban J connectivity index is 1.52. The molecule has 140 valence electrons. The molecule has 1 aromatic heterocycles. The predicted octanol–water partition coefficient (Wildman–Crippen LogP) is 2.44. The molecule has 5 heteroatoms. The molecule has 1 aromatic carbocycles. The first-order chi connectivity index (χ1) is 12.6. The third-order valence-electron chi connectivity index (χ3n) is 5.77. The molecule has 2 aromatic rings. The van der Waals surface area contributed by atoms with Crippen LogP contribution in [0.15, 0.2) is 23.0 Å². The lowest BCUT2D eigenvalue weighted by Gasteiger charge is -2.40. The number of aromatic amines is 1. The standard InChI is InChI=1S/C21H29N3O2/c1-15-10-16(2)21-19(11-15)20(25)12-17(22-21)13-23-5-3-4-18(14-23)24-6-8-26-9-7-24/h10-12,18H,3-9,13-14H2,1-2H3,(H,22,25)/t18-/m0/s1. The van der Waals surface area contributed by atoms with Crippen molar-refractivity contribution < 1.29 is 4.74 Å². The zero-order chi connectivity index (χ0) is 18.1. The van der Waals surface area contributed by atoms with Crippen LogP contribution in [0.3, 0.4) is 0 Å². The molecule has 2 aliphatic heterocycles. The number of morpholine rings is 1. The van der Waals surface area contributed by atoms with E-state index in [2.05, 4.69) is 27.8 Å². The van der Waals surface area contributed by atoms with Crippen LogP contribution in [0.5, 0.6) is 0 Å². The quantitative estimate of drug-likeness (QED) is 0.919. The second kappa shape index (κ2) is 7.51. The van der Waals surface area contributed by atoms with Crippen LogP contribution in [0.1, 0.15) is 29.7 Å². The van der Waals surface area contributed by atoms with Crippen LogP contribution in [0.4, 0.5) is 0 Å². The molecular formula is C21H29N3O2. The number of fused-ring (bicyclic) bond motifs is 1. The molecule has 0 saturated carbocycles. The Morgan fingerprint density at radius 1 is 1.15 bits per heavy atom. The number of pyridine rings is 1. The number of nitrogens with zero attached hydrogens (tertiary/aromatic N) is 2. The number of benzene rings is 1. The highest BCUT2D eigenvalue weighted by atomic mass is 16.5. The first-order valence-electron chi connectivity index (χ1n) is 9.77. The number of ether oxygens (including phenoxy) is 1. The summed E-state index contributed by atoms with van der Waals surface area (Å²) >= 11 is 0. The maximum atomic E-state index is 12.6. The van der Waals surface area contributed by atoms with Crippen LogP contribution in [-0.4, -0.2) is 60.2 Å². The van der Waals surface area contributed by atoms with Gasteiger partial charge in [-0.1, -0.05) is 6.07 Å². The maximum absolute atomic E-state index is 12.6. The summed E-state index contributed by atoms with van der Waals surface area (Å²) in [6.07, 6.45) is 2.49. The first kappa shape index (κ1) is 17.7. The number of H-pyrrole nitrogens is 1. The molecule has 1 N–H and O–H groups in total. The van der Waals surface area contributed by atoms with E-state index in [1.54, 1.807) is 6.07 Å². The van der Waals surface area contributed by atoms with E-state index in [9.17, 15) is 4.79 Å². The number of nitrogens with one attached hydrogen (secondary N) is 1. The molecule has 2 fully saturated rings. The lowest BCUT2D eigenvalue weighted by Crippen LogP contribution is -2.51. The minimum atomic E-state index is 0.127. The van der Waals surface area contributed by atoms with Crippen molar-refractivity contribution in [2.45, 2.75) is 39.3 Å². The van der Waals surface area contributed by atoms with E-state index in [1.807, 2.05) is 13.0 Å². The van der Waals surface area contributed by atoms with Crippen molar-refractivity contribution >= 4 is 10.9 Å². The van der Waals surface area contributed by atoms with E-state index in [0.29, 0.717) is 6.04 Å². The Labute approximate surface area is 154 Å². The number of rotatable bonds is 3. The van der Waals surface area contributed by atoms with Crippen molar-refractivity contribution in [3.8, 4) is 0 Å². The summed E-state index contributed by atoms with van der Waals surface area (Å²) < 4.78 is 5.49. The third kappa shape index (κ3) is 3.70. The number of aryl methyl sites for hydroxylation is 2. The normalized spacial score (nSPS) is 22.8. The maximum Gasteiger partial charge on any atom is 0.189 e. The van der Waals surface area contributed by atoms with E-state index in [1.165, 1.54) is 12.8 Å². The fraction of sp³-hybridized carbons (Fsp3) is 0.571. The number of hydrogen-bond acceptors (Lipinski definition) is 4. The second-order valence-corrected chi connectivity index (χ2v) is 7.84. The Morgan fingerprint density at radius 3 is 2.77 bits per heavy atom. The molecule has 0 radical (unpaired) electrons. The van der Waals surface area contributed by atoms with Gasteiger partial charge in [-0.2, -0.15) is 0 Å².